The van der Waals surface area contributed by atoms with E-state index in [1.807, 2.05) is 0 Å². The first kappa shape index (κ1) is 13.3. The number of aryl methyl sites for hydroxylation is 1. The molecule has 2 heterocycles. The quantitative estimate of drug-likeness (QED) is 0.929. The normalized spacial score (nSPS) is 10.4. The third-order valence-electron chi connectivity index (χ3n) is 2.48. The van der Waals surface area contributed by atoms with Crippen LogP contribution in [0.15, 0.2) is 22.8 Å². The number of furan rings is 1. The van der Waals surface area contributed by atoms with E-state index in [-0.39, 0.29) is 17.3 Å². The largest absolute Gasteiger partial charge is 0.477 e. The molecule has 2 aromatic rings. The molecule has 2 rings (SSSR count). The highest BCUT2D eigenvalue weighted by Crippen LogP contribution is 2.27. The number of rotatable bonds is 4. The van der Waals surface area contributed by atoms with Gasteiger partial charge in [0.1, 0.15) is 10.6 Å². The number of nitrogens with zero attached hydrogens (tertiary/aromatic N) is 2. The first-order chi connectivity index (χ1) is 8.99. The molecule has 0 saturated carbocycles. The molecular weight excluding hydrogens is 268 g/mol. The number of carboxylic acids is 1. The van der Waals surface area contributed by atoms with Gasteiger partial charge >= 0.3 is 5.97 Å². The minimum absolute atomic E-state index is 0.140. The summed E-state index contributed by atoms with van der Waals surface area (Å²) in [6, 6.07) is 3.47. The Morgan fingerprint density at radius 2 is 2.26 bits per heavy atom. The summed E-state index contributed by atoms with van der Waals surface area (Å²) in [5.74, 6) is -0.648. The lowest BCUT2D eigenvalue weighted by atomic mass is 10.4. The minimum Gasteiger partial charge on any atom is -0.477 e. The van der Waals surface area contributed by atoms with E-state index in [1.165, 1.54) is 18.1 Å². The smallest absolute Gasteiger partial charge is 0.347 e. The molecule has 0 saturated heterocycles. The van der Waals surface area contributed by atoms with Crippen molar-refractivity contribution in [3.63, 3.8) is 0 Å². The van der Waals surface area contributed by atoms with Gasteiger partial charge in [0.2, 0.25) is 5.91 Å². The van der Waals surface area contributed by atoms with Gasteiger partial charge in [-0.1, -0.05) is 11.3 Å². The summed E-state index contributed by atoms with van der Waals surface area (Å²) in [4.78, 5) is 28.3. The lowest BCUT2D eigenvalue weighted by Gasteiger charge is -2.16. The number of hydrogen-bond acceptors (Lipinski definition) is 5. The molecule has 0 aliphatic carbocycles. The zero-order chi connectivity index (χ0) is 14.0. The van der Waals surface area contributed by atoms with Crippen LogP contribution in [0.1, 0.15) is 28.0 Å². The zero-order valence-corrected chi connectivity index (χ0v) is 11.2. The lowest BCUT2D eigenvalue weighted by molar-refractivity contribution is -0.116. The van der Waals surface area contributed by atoms with E-state index in [0.29, 0.717) is 16.6 Å². The maximum atomic E-state index is 11.7. The predicted molar refractivity (Wildman–Crippen MR) is 69.4 cm³/mol. The van der Waals surface area contributed by atoms with Crippen LogP contribution in [-0.2, 0) is 11.3 Å². The Labute approximate surface area is 113 Å². The Bertz CT molecular complexity index is 603. The molecule has 0 fully saturated rings. The maximum absolute atomic E-state index is 11.7. The van der Waals surface area contributed by atoms with Crippen LogP contribution >= 0.6 is 11.3 Å². The number of aromatic nitrogens is 1. The van der Waals surface area contributed by atoms with E-state index < -0.39 is 5.97 Å². The van der Waals surface area contributed by atoms with Crippen LogP contribution in [0.5, 0.6) is 0 Å². The van der Waals surface area contributed by atoms with Gasteiger partial charge in [-0.05, 0) is 19.1 Å². The summed E-state index contributed by atoms with van der Waals surface area (Å²) < 4.78 is 5.19. The summed E-state index contributed by atoms with van der Waals surface area (Å²) in [7, 11) is 0. The first-order valence-corrected chi connectivity index (χ1v) is 6.32. The summed E-state index contributed by atoms with van der Waals surface area (Å²) >= 11 is 0.979. The van der Waals surface area contributed by atoms with E-state index >= 15 is 0 Å². The summed E-state index contributed by atoms with van der Waals surface area (Å²) in [6.07, 6.45) is 1.52. The molecule has 0 radical (unpaired) electrons. The van der Waals surface area contributed by atoms with E-state index in [1.54, 1.807) is 19.1 Å². The molecule has 0 bridgehead atoms. The molecule has 0 spiro atoms. The van der Waals surface area contributed by atoms with Crippen LogP contribution in [0.4, 0.5) is 5.13 Å². The van der Waals surface area contributed by atoms with Gasteiger partial charge in [-0.25, -0.2) is 9.78 Å². The van der Waals surface area contributed by atoms with Crippen molar-refractivity contribution in [3.8, 4) is 0 Å². The van der Waals surface area contributed by atoms with Gasteiger partial charge in [-0.15, -0.1) is 0 Å². The van der Waals surface area contributed by atoms with Crippen LogP contribution in [0, 0.1) is 6.92 Å². The standard InChI is InChI=1S/C12H12N2O4S/c1-7-10(11(16)17)19-12(13-7)14(8(2)15)6-9-4-3-5-18-9/h3-5H,6H2,1-2H3,(H,16,17). The molecule has 7 heteroatoms. The highest BCUT2D eigenvalue weighted by Gasteiger charge is 2.21. The molecule has 0 aliphatic rings. The Morgan fingerprint density at radius 1 is 1.53 bits per heavy atom. The fraction of sp³-hybridized carbons (Fsp3) is 0.250. The second-order valence-electron chi connectivity index (χ2n) is 3.90. The van der Waals surface area contributed by atoms with Crippen molar-refractivity contribution in [1.82, 2.24) is 4.98 Å². The van der Waals surface area contributed by atoms with Crippen molar-refractivity contribution in [2.75, 3.05) is 4.90 Å². The molecular formula is C12H12N2O4S. The van der Waals surface area contributed by atoms with Crippen LogP contribution in [-0.4, -0.2) is 22.0 Å². The van der Waals surface area contributed by atoms with Gasteiger partial charge in [0, 0.05) is 6.92 Å². The highest BCUT2D eigenvalue weighted by molar-refractivity contribution is 7.17. The molecule has 100 valence electrons. The summed E-state index contributed by atoms with van der Waals surface area (Å²) in [5, 5.41) is 9.36. The van der Waals surface area contributed by atoms with Crippen LogP contribution in [0.2, 0.25) is 0 Å². The number of aromatic carboxylic acids is 1. The van der Waals surface area contributed by atoms with Gasteiger partial charge in [0.15, 0.2) is 5.13 Å². The van der Waals surface area contributed by atoms with Crippen LogP contribution in [0.25, 0.3) is 0 Å². The Balaban J connectivity index is 2.31. The number of carboxylic acid groups (broad SMARTS) is 1. The van der Waals surface area contributed by atoms with Crippen molar-refractivity contribution in [2.45, 2.75) is 20.4 Å². The molecule has 0 aromatic carbocycles. The predicted octanol–water partition coefficient (Wildman–Crippen LogP) is 2.30. The molecule has 6 nitrogen and oxygen atoms in total. The van der Waals surface area contributed by atoms with Crippen molar-refractivity contribution < 1.29 is 19.1 Å². The highest BCUT2D eigenvalue weighted by atomic mass is 32.1. The molecule has 2 aromatic heterocycles. The third kappa shape index (κ3) is 2.82. The molecule has 19 heavy (non-hydrogen) atoms. The Hall–Kier alpha value is -2.15. The fourth-order valence-electron chi connectivity index (χ4n) is 1.57. The lowest BCUT2D eigenvalue weighted by Crippen LogP contribution is -2.27. The Morgan fingerprint density at radius 3 is 2.74 bits per heavy atom. The number of carbonyl (C=O) groups is 2. The number of hydrogen-bond donors (Lipinski definition) is 1. The van der Waals surface area contributed by atoms with Gasteiger partial charge in [-0.2, -0.15) is 0 Å². The fourth-order valence-corrected chi connectivity index (χ4v) is 2.52. The molecule has 1 amide bonds. The van der Waals surface area contributed by atoms with Crippen LogP contribution < -0.4 is 4.90 Å². The Kier molecular flexibility index (Phi) is 3.66. The minimum atomic E-state index is -1.04. The number of thiazole rings is 1. The monoisotopic (exact) mass is 280 g/mol. The average Bonchev–Trinajstić information content (AvgIpc) is 2.94. The van der Waals surface area contributed by atoms with Crippen molar-refractivity contribution in [1.29, 1.82) is 0 Å². The molecule has 0 unspecified atom stereocenters. The van der Waals surface area contributed by atoms with Crippen molar-refractivity contribution in [3.05, 3.63) is 34.7 Å². The van der Waals surface area contributed by atoms with E-state index in [0.717, 1.165) is 11.3 Å². The third-order valence-corrected chi connectivity index (χ3v) is 3.65. The second kappa shape index (κ2) is 5.23. The van der Waals surface area contributed by atoms with E-state index in [2.05, 4.69) is 4.98 Å². The SMILES string of the molecule is CC(=O)N(Cc1ccco1)c1nc(C)c(C(=O)O)s1. The molecule has 0 aliphatic heterocycles. The van der Waals surface area contributed by atoms with Crippen LogP contribution in [0.3, 0.4) is 0 Å². The van der Waals surface area contributed by atoms with Gasteiger partial charge < -0.3 is 9.52 Å². The average molecular weight is 280 g/mol. The van der Waals surface area contributed by atoms with Crippen molar-refractivity contribution in [2.24, 2.45) is 0 Å². The number of carbonyl (C=O) groups excluding carboxylic acids is 1. The summed E-state index contributed by atoms with van der Waals surface area (Å²) in [6.45, 7) is 3.24. The topological polar surface area (TPSA) is 83.6 Å². The molecule has 1 N–H and O–H groups in total. The number of amides is 1. The maximum Gasteiger partial charge on any atom is 0.347 e. The van der Waals surface area contributed by atoms with E-state index in [4.69, 9.17) is 9.52 Å². The van der Waals surface area contributed by atoms with Crippen molar-refractivity contribution >= 4 is 28.3 Å². The van der Waals surface area contributed by atoms with Gasteiger partial charge in [-0.3, -0.25) is 9.69 Å². The van der Waals surface area contributed by atoms with Gasteiger partial charge in [0.25, 0.3) is 0 Å². The number of anilines is 1. The summed E-state index contributed by atoms with van der Waals surface area (Å²) in [5.41, 5.74) is 0.401. The second-order valence-corrected chi connectivity index (χ2v) is 4.88. The first-order valence-electron chi connectivity index (χ1n) is 5.50. The molecule has 0 atom stereocenters. The van der Waals surface area contributed by atoms with Gasteiger partial charge in [0.05, 0.1) is 18.5 Å². The zero-order valence-electron chi connectivity index (χ0n) is 10.4. The van der Waals surface area contributed by atoms with E-state index in [9.17, 15) is 9.59 Å².